The van der Waals surface area contributed by atoms with Gasteiger partial charge in [0.2, 0.25) is 0 Å². The van der Waals surface area contributed by atoms with E-state index in [-0.39, 0.29) is 16.7 Å². The maximum atomic E-state index is 12.6. The summed E-state index contributed by atoms with van der Waals surface area (Å²) in [6.07, 6.45) is 0. The van der Waals surface area contributed by atoms with Crippen molar-refractivity contribution in [3.8, 4) is 17.0 Å². The number of H-pyrrole nitrogens is 1. The Bertz CT molecular complexity index is 1050. The largest absolute Gasteiger partial charge is 0.433 e. The number of carbonyl (C=O) groups excluding carboxylic acids is 1. The van der Waals surface area contributed by atoms with Crippen LogP contribution in [0.3, 0.4) is 0 Å². The summed E-state index contributed by atoms with van der Waals surface area (Å²) in [6, 6.07) is 16.1. The summed E-state index contributed by atoms with van der Waals surface area (Å²) in [4.78, 5) is 17.4. The maximum absolute atomic E-state index is 12.6. The molecule has 4 rings (SSSR count). The molecule has 1 atom stereocenters. The van der Waals surface area contributed by atoms with E-state index in [4.69, 9.17) is 11.6 Å². The van der Waals surface area contributed by atoms with Gasteiger partial charge in [-0.25, -0.2) is 0 Å². The number of thiol groups is 1. The number of hydrogen-bond donors (Lipinski definition) is 3. The number of halogens is 3. The standard InChI is InChI=1S/C20H16ClF2N3O2S/c21-13-7-6-11(8-16(13)28-19(22)23)10-26-15-9-14(12-4-2-1-3-5-12)24-17(15)18(27)25-20(26)29/h1-9,19-20,24,29H,10H2,(H,25,27). The summed E-state index contributed by atoms with van der Waals surface area (Å²) in [5.41, 5.74) is 2.88. The molecule has 1 aliphatic heterocycles. The highest BCUT2D eigenvalue weighted by Crippen LogP contribution is 2.35. The third kappa shape index (κ3) is 4.04. The van der Waals surface area contributed by atoms with Crippen molar-refractivity contribution in [3.05, 3.63) is 70.9 Å². The van der Waals surface area contributed by atoms with Gasteiger partial charge in [-0.2, -0.15) is 8.78 Å². The second-order valence-electron chi connectivity index (χ2n) is 6.43. The van der Waals surface area contributed by atoms with Crippen LogP contribution in [0.4, 0.5) is 14.5 Å². The summed E-state index contributed by atoms with van der Waals surface area (Å²) in [7, 11) is 0. The molecule has 29 heavy (non-hydrogen) atoms. The van der Waals surface area contributed by atoms with Crippen molar-refractivity contribution in [1.82, 2.24) is 10.3 Å². The van der Waals surface area contributed by atoms with E-state index in [9.17, 15) is 13.6 Å². The third-order valence-corrected chi connectivity index (χ3v) is 5.26. The van der Waals surface area contributed by atoms with Crippen LogP contribution in [0.25, 0.3) is 11.3 Å². The van der Waals surface area contributed by atoms with E-state index in [1.54, 1.807) is 6.07 Å². The Morgan fingerprint density at radius 3 is 2.66 bits per heavy atom. The first-order chi connectivity index (χ1) is 13.9. The normalized spacial score (nSPS) is 16.0. The molecule has 0 radical (unpaired) electrons. The molecule has 3 aromatic rings. The van der Waals surface area contributed by atoms with E-state index in [1.165, 1.54) is 12.1 Å². The number of anilines is 1. The van der Waals surface area contributed by atoms with Gasteiger partial charge in [-0.1, -0.05) is 48.0 Å². The highest BCUT2D eigenvalue weighted by molar-refractivity contribution is 7.81. The van der Waals surface area contributed by atoms with E-state index in [0.717, 1.165) is 11.3 Å². The molecule has 2 heterocycles. The van der Waals surface area contributed by atoms with Gasteiger partial charge in [-0.05, 0) is 29.3 Å². The molecule has 0 bridgehead atoms. The number of benzene rings is 2. The minimum absolute atomic E-state index is 0.0946. The molecule has 1 aliphatic rings. The number of ether oxygens (including phenoxy) is 1. The molecule has 150 valence electrons. The molecule has 1 amide bonds. The number of fused-ring (bicyclic) bond motifs is 1. The Labute approximate surface area is 176 Å². The van der Waals surface area contributed by atoms with Crippen molar-refractivity contribution in [1.29, 1.82) is 0 Å². The molecular weight excluding hydrogens is 420 g/mol. The summed E-state index contributed by atoms with van der Waals surface area (Å²) >= 11 is 10.4. The second kappa shape index (κ2) is 7.96. The Hall–Kier alpha value is -2.71. The second-order valence-corrected chi connectivity index (χ2v) is 7.32. The number of hydrogen-bond acceptors (Lipinski definition) is 4. The fraction of sp³-hybridized carbons (Fsp3) is 0.150. The van der Waals surface area contributed by atoms with E-state index in [2.05, 4.69) is 27.7 Å². The monoisotopic (exact) mass is 435 g/mol. The lowest BCUT2D eigenvalue weighted by Gasteiger charge is -2.34. The summed E-state index contributed by atoms with van der Waals surface area (Å²) in [5, 5.41) is 2.87. The quantitative estimate of drug-likeness (QED) is 0.500. The van der Waals surface area contributed by atoms with E-state index < -0.39 is 12.1 Å². The lowest BCUT2D eigenvalue weighted by Crippen LogP contribution is -2.49. The zero-order valence-electron chi connectivity index (χ0n) is 14.9. The smallest absolute Gasteiger partial charge is 0.387 e. The first-order valence-electron chi connectivity index (χ1n) is 8.69. The van der Waals surface area contributed by atoms with E-state index in [0.29, 0.717) is 23.5 Å². The number of aromatic nitrogens is 1. The Balaban J connectivity index is 1.68. The fourth-order valence-corrected chi connectivity index (χ4v) is 3.70. The number of carbonyl (C=O) groups is 1. The van der Waals surface area contributed by atoms with Gasteiger partial charge in [-0.15, -0.1) is 12.6 Å². The van der Waals surface area contributed by atoms with Crippen molar-refractivity contribution in [2.24, 2.45) is 0 Å². The van der Waals surface area contributed by atoms with Crippen molar-refractivity contribution >= 4 is 35.8 Å². The molecule has 9 heteroatoms. The third-order valence-electron chi connectivity index (χ3n) is 4.54. The molecule has 1 unspecified atom stereocenters. The maximum Gasteiger partial charge on any atom is 0.387 e. The van der Waals surface area contributed by atoms with Gasteiger partial charge in [0.1, 0.15) is 16.9 Å². The zero-order valence-corrected chi connectivity index (χ0v) is 16.6. The van der Waals surface area contributed by atoms with Crippen LogP contribution in [-0.2, 0) is 6.54 Å². The molecule has 0 saturated carbocycles. The molecule has 5 nitrogen and oxygen atoms in total. The molecule has 0 spiro atoms. The van der Waals surface area contributed by atoms with Crippen molar-refractivity contribution in [3.63, 3.8) is 0 Å². The Morgan fingerprint density at radius 2 is 1.93 bits per heavy atom. The molecule has 0 aliphatic carbocycles. The summed E-state index contributed by atoms with van der Waals surface area (Å²) in [5.74, 6) is -0.369. The summed E-state index contributed by atoms with van der Waals surface area (Å²) < 4.78 is 29.7. The first-order valence-corrected chi connectivity index (χ1v) is 9.59. The van der Waals surface area contributed by atoms with Crippen LogP contribution >= 0.6 is 24.2 Å². The minimum atomic E-state index is -2.97. The average Bonchev–Trinajstić information content (AvgIpc) is 3.14. The van der Waals surface area contributed by atoms with Crippen LogP contribution in [-0.4, -0.2) is 23.0 Å². The van der Waals surface area contributed by atoms with Crippen molar-refractivity contribution < 1.29 is 18.3 Å². The SMILES string of the molecule is O=C1NC(S)N(Cc2ccc(Cl)c(OC(F)F)c2)c2cc(-c3ccccc3)[nH]c21. The molecule has 0 saturated heterocycles. The predicted octanol–water partition coefficient (Wildman–Crippen LogP) is 4.90. The lowest BCUT2D eigenvalue weighted by atomic mass is 10.1. The number of aromatic amines is 1. The fourth-order valence-electron chi connectivity index (χ4n) is 3.22. The highest BCUT2D eigenvalue weighted by atomic mass is 35.5. The zero-order chi connectivity index (χ0) is 20.5. The van der Waals surface area contributed by atoms with Crippen molar-refractivity contribution in [2.45, 2.75) is 18.7 Å². The van der Waals surface area contributed by atoms with Crippen LogP contribution in [0.2, 0.25) is 5.02 Å². The van der Waals surface area contributed by atoms with Crippen LogP contribution in [0, 0.1) is 0 Å². The van der Waals surface area contributed by atoms with Gasteiger partial charge in [0.25, 0.3) is 5.91 Å². The van der Waals surface area contributed by atoms with Crippen LogP contribution in [0.5, 0.6) is 5.75 Å². The molecule has 2 aromatic carbocycles. The highest BCUT2D eigenvalue weighted by Gasteiger charge is 2.31. The lowest BCUT2D eigenvalue weighted by molar-refractivity contribution is -0.0498. The van der Waals surface area contributed by atoms with Crippen molar-refractivity contribution in [2.75, 3.05) is 4.90 Å². The van der Waals surface area contributed by atoms with Gasteiger partial charge in [0.15, 0.2) is 0 Å². The van der Waals surface area contributed by atoms with Crippen LogP contribution in [0.15, 0.2) is 54.6 Å². The number of alkyl halides is 2. The van der Waals surface area contributed by atoms with Gasteiger partial charge in [0, 0.05) is 12.2 Å². The van der Waals surface area contributed by atoms with Gasteiger partial charge in [-0.3, -0.25) is 4.79 Å². The van der Waals surface area contributed by atoms with Crippen LogP contribution < -0.4 is 15.0 Å². The van der Waals surface area contributed by atoms with E-state index in [1.807, 2.05) is 41.3 Å². The number of rotatable bonds is 5. The molecule has 2 N–H and O–H groups in total. The summed E-state index contributed by atoms with van der Waals surface area (Å²) in [6.45, 7) is -2.68. The minimum Gasteiger partial charge on any atom is -0.433 e. The first kappa shape index (κ1) is 19.6. The van der Waals surface area contributed by atoms with Gasteiger partial charge >= 0.3 is 6.61 Å². The van der Waals surface area contributed by atoms with Crippen LogP contribution in [0.1, 0.15) is 16.1 Å². The predicted molar refractivity (Wildman–Crippen MR) is 111 cm³/mol. The van der Waals surface area contributed by atoms with E-state index >= 15 is 0 Å². The average molecular weight is 436 g/mol. The van der Waals surface area contributed by atoms with Gasteiger partial charge in [0.05, 0.1) is 10.7 Å². The Morgan fingerprint density at radius 1 is 1.17 bits per heavy atom. The molecule has 0 fully saturated rings. The Kier molecular flexibility index (Phi) is 5.38. The number of nitrogens with zero attached hydrogens (tertiary/aromatic N) is 1. The molecular formula is C20H16ClF2N3O2S. The molecule has 1 aromatic heterocycles. The number of amides is 1. The van der Waals surface area contributed by atoms with Gasteiger partial charge < -0.3 is 19.9 Å². The number of nitrogens with one attached hydrogen (secondary N) is 2. The topological polar surface area (TPSA) is 57.4 Å².